The summed E-state index contributed by atoms with van der Waals surface area (Å²) in [7, 11) is 0. The van der Waals surface area contributed by atoms with E-state index in [1.807, 2.05) is 48.5 Å². The molecule has 0 saturated heterocycles. The number of nitrogens with zero attached hydrogens (tertiary/aromatic N) is 5. The molecule has 0 atom stereocenters. The van der Waals surface area contributed by atoms with Crippen molar-refractivity contribution in [2.24, 2.45) is 0 Å². The van der Waals surface area contributed by atoms with E-state index in [9.17, 15) is 13.6 Å². The number of tetrazole rings is 1. The molecule has 7 rings (SSSR count). The Balaban J connectivity index is 1.25. The van der Waals surface area contributed by atoms with Gasteiger partial charge >= 0.3 is 0 Å². The Labute approximate surface area is 273 Å². The summed E-state index contributed by atoms with van der Waals surface area (Å²) in [5.41, 5.74) is 6.70. The molecule has 2 N–H and O–H groups in total. The van der Waals surface area contributed by atoms with Gasteiger partial charge in [0.05, 0.1) is 15.2 Å². The molecule has 0 aliphatic heterocycles. The highest BCUT2D eigenvalue weighted by molar-refractivity contribution is 7.18. The molecule has 236 valence electrons. The summed E-state index contributed by atoms with van der Waals surface area (Å²) >= 11 is 1.71. The minimum absolute atomic E-state index is 0.212. The van der Waals surface area contributed by atoms with Gasteiger partial charge in [0.25, 0.3) is 5.91 Å². The molecule has 0 radical (unpaired) electrons. The molecule has 0 saturated carbocycles. The van der Waals surface area contributed by atoms with Gasteiger partial charge in [0.1, 0.15) is 11.6 Å². The molecule has 4 aromatic carbocycles. The van der Waals surface area contributed by atoms with Crippen molar-refractivity contribution in [1.82, 2.24) is 35.5 Å². The lowest BCUT2D eigenvalue weighted by atomic mass is 9.99. The number of para-hydroxylation sites is 1. The minimum Gasteiger partial charge on any atom is -0.348 e. The Hall–Kier alpha value is -5.29. The van der Waals surface area contributed by atoms with E-state index in [0.29, 0.717) is 37.2 Å². The molecule has 3 heterocycles. The third kappa shape index (κ3) is 6.95. The highest BCUT2D eigenvalue weighted by Crippen LogP contribution is 2.31. The fourth-order valence-electron chi connectivity index (χ4n) is 6.00. The van der Waals surface area contributed by atoms with Crippen LogP contribution in [0.1, 0.15) is 43.6 Å². The smallest absolute Gasteiger partial charge is 0.251 e. The normalized spacial score (nSPS) is 11.4. The number of H-pyrrole nitrogens is 1. The SMILES string of the molecule is O=C(NCc1ccc(F)cc1)c1ccc2c(c1)c(CCc1ccc(F)cc1)c(CCc1nc3ccccc3s1)n2CCc1nn[nH]n1. The maximum atomic E-state index is 13.7. The van der Waals surface area contributed by atoms with E-state index in [-0.39, 0.29) is 24.1 Å². The average molecular weight is 648 g/mol. The molecule has 11 heteroatoms. The highest BCUT2D eigenvalue weighted by Gasteiger charge is 2.20. The molecule has 0 unspecified atom stereocenters. The zero-order valence-electron chi connectivity index (χ0n) is 25.4. The largest absolute Gasteiger partial charge is 0.348 e. The summed E-state index contributed by atoms with van der Waals surface area (Å²) in [5.74, 6) is -0.175. The van der Waals surface area contributed by atoms with Crippen LogP contribution in [-0.4, -0.2) is 36.1 Å². The van der Waals surface area contributed by atoms with Crippen LogP contribution in [-0.2, 0) is 45.2 Å². The first kappa shape index (κ1) is 30.4. The number of aromatic amines is 1. The monoisotopic (exact) mass is 647 g/mol. The van der Waals surface area contributed by atoms with Crippen LogP contribution in [0.3, 0.4) is 0 Å². The second kappa shape index (κ2) is 13.6. The summed E-state index contributed by atoms with van der Waals surface area (Å²) < 4.78 is 30.5. The van der Waals surface area contributed by atoms with Gasteiger partial charge in [-0.1, -0.05) is 41.6 Å². The van der Waals surface area contributed by atoms with Gasteiger partial charge in [-0.2, -0.15) is 5.21 Å². The first-order valence-electron chi connectivity index (χ1n) is 15.5. The lowest BCUT2D eigenvalue weighted by molar-refractivity contribution is 0.0951. The molecule has 3 aromatic heterocycles. The maximum absolute atomic E-state index is 13.7. The Morgan fingerprint density at radius 2 is 1.60 bits per heavy atom. The number of thiazole rings is 1. The number of rotatable bonds is 12. The molecule has 0 fully saturated rings. The Morgan fingerprint density at radius 3 is 2.34 bits per heavy atom. The predicted molar refractivity (Wildman–Crippen MR) is 178 cm³/mol. The zero-order valence-corrected chi connectivity index (χ0v) is 26.2. The van der Waals surface area contributed by atoms with Crippen LogP contribution >= 0.6 is 11.3 Å². The summed E-state index contributed by atoms with van der Waals surface area (Å²) in [6.07, 6.45) is 3.48. The lowest BCUT2D eigenvalue weighted by Crippen LogP contribution is -2.22. The number of carbonyl (C=O) groups excluding carboxylic acids is 1. The van der Waals surface area contributed by atoms with Gasteiger partial charge in [-0.15, -0.1) is 21.5 Å². The van der Waals surface area contributed by atoms with Gasteiger partial charge in [0, 0.05) is 48.1 Å². The van der Waals surface area contributed by atoms with Crippen LogP contribution in [0.2, 0.25) is 0 Å². The number of nitrogens with one attached hydrogen (secondary N) is 2. The van der Waals surface area contributed by atoms with Gasteiger partial charge < -0.3 is 9.88 Å². The number of halogens is 2. The second-order valence-corrected chi connectivity index (χ2v) is 12.5. The molecule has 0 spiro atoms. The quantitative estimate of drug-likeness (QED) is 0.152. The van der Waals surface area contributed by atoms with E-state index >= 15 is 0 Å². The number of amides is 1. The molecule has 1 amide bonds. The molecule has 0 bridgehead atoms. The van der Waals surface area contributed by atoms with E-state index in [2.05, 4.69) is 36.6 Å². The lowest BCUT2D eigenvalue weighted by Gasteiger charge is -2.12. The standard InChI is InChI=1S/C36H31F2N7OS/c37-26-11-5-23(6-12-26)9-15-28-29-21-25(36(46)39-22-24-7-13-27(38)14-8-24)10-16-32(29)45(20-19-34-41-43-44-42-34)31(28)17-18-35-40-30-3-1-2-4-33(30)47-35/h1-8,10-14,16,21H,9,15,17-20,22H2,(H,39,46)(H,41,42,43,44). The van der Waals surface area contributed by atoms with E-state index < -0.39 is 0 Å². The third-order valence-corrected chi connectivity index (χ3v) is 9.45. The second-order valence-electron chi connectivity index (χ2n) is 11.4. The van der Waals surface area contributed by atoms with Crippen molar-refractivity contribution in [1.29, 1.82) is 0 Å². The fourth-order valence-corrected chi connectivity index (χ4v) is 6.96. The summed E-state index contributed by atoms with van der Waals surface area (Å²) in [6, 6.07) is 26.7. The number of hydrogen-bond donors (Lipinski definition) is 2. The van der Waals surface area contributed by atoms with Gasteiger partial charge in [0.2, 0.25) is 0 Å². The van der Waals surface area contributed by atoms with Crippen LogP contribution in [0.25, 0.3) is 21.1 Å². The van der Waals surface area contributed by atoms with Crippen molar-refractivity contribution in [2.75, 3.05) is 0 Å². The van der Waals surface area contributed by atoms with Crippen molar-refractivity contribution >= 4 is 38.4 Å². The number of benzene rings is 4. The number of aryl methyl sites for hydroxylation is 5. The molecular weight excluding hydrogens is 617 g/mol. The van der Waals surface area contributed by atoms with Crippen molar-refractivity contribution in [3.63, 3.8) is 0 Å². The van der Waals surface area contributed by atoms with Crippen LogP contribution in [0.4, 0.5) is 8.78 Å². The number of fused-ring (bicyclic) bond motifs is 2. The van der Waals surface area contributed by atoms with Crippen LogP contribution in [0.5, 0.6) is 0 Å². The average Bonchev–Trinajstić information content (AvgIpc) is 3.83. The molecule has 0 aliphatic rings. The third-order valence-electron chi connectivity index (χ3n) is 8.35. The van der Waals surface area contributed by atoms with Crippen LogP contribution < -0.4 is 5.32 Å². The van der Waals surface area contributed by atoms with Crippen molar-refractivity contribution in [2.45, 2.75) is 45.2 Å². The van der Waals surface area contributed by atoms with E-state index in [0.717, 1.165) is 61.4 Å². The van der Waals surface area contributed by atoms with Gasteiger partial charge in [-0.25, -0.2) is 13.8 Å². The molecule has 0 aliphatic carbocycles. The number of aromatic nitrogens is 6. The predicted octanol–water partition coefficient (Wildman–Crippen LogP) is 6.79. The Morgan fingerprint density at radius 1 is 0.830 bits per heavy atom. The van der Waals surface area contributed by atoms with Crippen LogP contribution in [0, 0.1) is 11.6 Å². The first-order chi connectivity index (χ1) is 23.0. The molecular formula is C36H31F2N7OS. The summed E-state index contributed by atoms with van der Waals surface area (Å²) in [6.45, 7) is 0.908. The minimum atomic E-state index is -0.318. The van der Waals surface area contributed by atoms with Crippen LogP contribution in [0.15, 0.2) is 91.0 Å². The van der Waals surface area contributed by atoms with Gasteiger partial charge in [-0.3, -0.25) is 4.79 Å². The van der Waals surface area contributed by atoms with Gasteiger partial charge in [0.15, 0.2) is 5.82 Å². The Kier molecular flexibility index (Phi) is 8.79. The topological polar surface area (TPSA) is 101 Å². The first-order valence-corrected chi connectivity index (χ1v) is 16.3. The molecule has 47 heavy (non-hydrogen) atoms. The highest BCUT2D eigenvalue weighted by atomic mass is 32.1. The van der Waals surface area contributed by atoms with E-state index in [1.165, 1.54) is 24.3 Å². The van der Waals surface area contributed by atoms with E-state index in [4.69, 9.17) is 4.98 Å². The zero-order chi connectivity index (χ0) is 32.2. The van der Waals surface area contributed by atoms with Crippen molar-refractivity contribution in [3.8, 4) is 0 Å². The Bertz CT molecular complexity index is 2110. The number of hydrogen-bond acceptors (Lipinski definition) is 6. The summed E-state index contributed by atoms with van der Waals surface area (Å²) in [5, 5.41) is 19.6. The van der Waals surface area contributed by atoms with Gasteiger partial charge in [-0.05, 0) is 90.6 Å². The van der Waals surface area contributed by atoms with Crippen molar-refractivity contribution in [3.05, 3.63) is 141 Å². The molecule has 7 aromatic rings. The van der Waals surface area contributed by atoms with Crippen molar-refractivity contribution < 1.29 is 13.6 Å². The maximum Gasteiger partial charge on any atom is 0.251 e. The molecule has 8 nitrogen and oxygen atoms in total. The number of carbonyl (C=O) groups is 1. The van der Waals surface area contributed by atoms with E-state index in [1.54, 1.807) is 23.5 Å². The summed E-state index contributed by atoms with van der Waals surface area (Å²) in [4.78, 5) is 18.2. The fraction of sp³-hybridized carbons (Fsp3) is 0.194.